The molecule has 0 bridgehead atoms. The second kappa shape index (κ2) is 6.52. The van der Waals surface area contributed by atoms with Crippen molar-refractivity contribution in [1.82, 2.24) is 0 Å². The highest BCUT2D eigenvalue weighted by atomic mass is 16.1. The maximum Gasteiger partial charge on any atom is 0.223 e. The second-order valence-corrected chi connectivity index (χ2v) is 5.32. The highest BCUT2D eigenvalue weighted by Crippen LogP contribution is 2.26. The van der Waals surface area contributed by atoms with Gasteiger partial charge in [0, 0.05) is 22.3 Å². The van der Waals surface area contributed by atoms with E-state index >= 15 is 0 Å². The number of ketones is 2. The van der Waals surface area contributed by atoms with Crippen LogP contribution in [0.4, 0.5) is 0 Å². The molecule has 0 saturated carbocycles. The first kappa shape index (κ1) is 15.6. The Morgan fingerprint density at radius 2 is 0.885 bits per heavy atom. The number of azo groups is 2. The molecule has 1 aliphatic carbocycles. The Morgan fingerprint density at radius 1 is 0.538 bits per heavy atom. The van der Waals surface area contributed by atoms with Gasteiger partial charge in [-0.05, 0) is 0 Å². The molecule has 8 nitrogen and oxygen atoms in total. The van der Waals surface area contributed by atoms with E-state index in [0.717, 1.165) is 0 Å². The van der Waals surface area contributed by atoms with Crippen LogP contribution in [0.1, 0.15) is 31.8 Å². The van der Waals surface area contributed by atoms with Gasteiger partial charge in [-0.25, -0.2) is 9.98 Å². The van der Waals surface area contributed by atoms with Gasteiger partial charge in [0.05, 0.1) is 0 Å². The van der Waals surface area contributed by atoms with Crippen molar-refractivity contribution in [3.05, 3.63) is 82.4 Å². The van der Waals surface area contributed by atoms with Crippen molar-refractivity contribution in [2.24, 2.45) is 30.4 Å². The first-order valence-corrected chi connectivity index (χ1v) is 7.64. The minimum absolute atomic E-state index is 0.0641. The molecule has 0 aromatic heterocycles. The summed E-state index contributed by atoms with van der Waals surface area (Å²) in [5, 5.41) is 14.3. The molecule has 2 aliphatic heterocycles. The quantitative estimate of drug-likeness (QED) is 0.622. The molecule has 124 valence electrons. The summed E-state index contributed by atoms with van der Waals surface area (Å²) in [6, 6.07) is 13.9. The van der Waals surface area contributed by atoms with Crippen molar-refractivity contribution >= 4 is 24.2 Å². The predicted molar refractivity (Wildman–Crippen MR) is 93.5 cm³/mol. The van der Waals surface area contributed by atoms with E-state index < -0.39 is 0 Å². The number of rotatable bonds is 0. The number of nitrogens with zero attached hydrogens (tertiary/aromatic N) is 6. The zero-order chi connectivity index (χ0) is 17.9. The highest BCUT2D eigenvalue weighted by molar-refractivity contribution is 6.28. The van der Waals surface area contributed by atoms with Crippen LogP contribution in [0.15, 0.2) is 90.6 Å². The molecular formula is C18H10N6O2. The predicted octanol–water partition coefficient (Wildman–Crippen LogP) is 3.56. The van der Waals surface area contributed by atoms with E-state index in [2.05, 4.69) is 30.4 Å². The molecule has 5 rings (SSSR count). The molecule has 0 radical (unpaired) electrons. The molecule has 2 heterocycles. The van der Waals surface area contributed by atoms with Gasteiger partial charge < -0.3 is 0 Å². The van der Waals surface area contributed by atoms with Crippen molar-refractivity contribution in [3.63, 3.8) is 0 Å². The average Bonchev–Trinajstić information content (AvgIpc) is 3.40. The summed E-state index contributed by atoms with van der Waals surface area (Å²) in [4.78, 5) is 31.7. The number of carbonyl (C=O) groups is 2. The van der Waals surface area contributed by atoms with Crippen LogP contribution in [-0.4, -0.2) is 24.2 Å². The van der Waals surface area contributed by atoms with Crippen molar-refractivity contribution < 1.29 is 9.59 Å². The normalized spacial score (nSPS) is 18.6. The van der Waals surface area contributed by atoms with Gasteiger partial charge in [-0.2, -0.15) is 0 Å². The molecule has 0 spiro atoms. The molecule has 2 aromatic carbocycles. The number of carbonyl (C=O) groups excluding carboxylic acids is 2. The zero-order valence-electron chi connectivity index (χ0n) is 13.3. The fourth-order valence-corrected chi connectivity index (χ4v) is 2.63. The molecule has 0 N–H and O–H groups in total. The first-order chi connectivity index (χ1) is 12.8. The van der Waals surface area contributed by atoms with E-state index in [1.54, 1.807) is 48.5 Å². The van der Waals surface area contributed by atoms with Gasteiger partial charge in [0.25, 0.3) is 0 Å². The third-order valence-corrected chi connectivity index (χ3v) is 3.80. The first-order valence-electron chi connectivity index (χ1n) is 7.64. The molecule has 0 saturated heterocycles. The van der Waals surface area contributed by atoms with Crippen LogP contribution in [0.2, 0.25) is 0 Å². The zero-order valence-corrected chi connectivity index (χ0v) is 13.3. The maximum absolute atomic E-state index is 12.1. The van der Waals surface area contributed by atoms with Crippen molar-refractivity contribution in [2.75, 3.05) is 0 Å². The van der Waals surface area contributed by atoms with Crippen LogP contribution >= 0.6 is 0 Å². The van der Waals surface area contributed by atoms with E-state index in [1.165, 1.54) is 12.7 Å². The number of fused-ring (bicyclic) bond motifs is 2. The van der Waals surface area contributed by atoms with Crippen LogP contribution in [0.25, 0.3) is 0 Å². The molecule has 26 heavy (non-hydrogen) atoms. The lowest BCUT2D eigenvalue weighted by atomic mass is 9.84. The van der Waals surface area contributed by atoms with Gasteiger partial charge in [-0.3, -0.25) is 9.59 Å². The van der Waals surface area contributed by atoms with E-state index in [1.807, 2.05) is 0 Å². The molecular weight excluding hydrogens is 332 g/mol. The Morgan fingerprint density at radius 3 is 1.15 bits per heavy atom. The molecule has 0 amide bonds. The van der Waals surface area contributed by atoms with Gasteiger partial charge in [0.15, 0.2) is 11.6 Å². The van der Waals surface area contributed by atoms with E-state index in [4.69, 9.17) is 0 Å². The summed E-state index contributed by atoms with van der Waals surface area (Å²) in [7, 11) is 0. The Kier molecular flexibility index (Phi) is 3.91. The standard InChI is InChI=1S/C14H8O2.C4H2N6/c15-13-9-5-1-2-6-10(9)14(16)12-8-4-3-7-11(12)13;1-5-3(9-7-1)4-6-2-8-10-4/h1-8H;1-2H. The lowest BCUT2D eigenvalue weighted by molar-refractivity contribution is 0.0979. The van der Waals surface area contributed by atoms with Crippen LogP contribution < -0.4 is 0 Å². The molecule has 0 unspecified atom stereocenters. The molecule has 2 aromatic rings. The van der Waals surface area contributed by atoms with Gasteiger partial charge >= 0.3 is 0 Å². The minimum atomic E-state index is -0.0641. The molecule has 0 fully saturated rings. The lowest BCUT2D eigenvalue weighted by Gasteiger charge is -2.16. The topological polar surface area (TPSA) is 108 Å². The molecule has 8 heteroatoms. The number of aliphatic imine (C=N–C) groups is 2. The van der Waals surface area contributed by atoms with Crippen LogP contribution in [-0.2, 0) is 0 Å². The maximum atomic E-state index is 12.1. The fourth-order valence-electron chi connectivity index (χ4n) is 2.63. The number of benzene rings is 2. The van der Waals surface area contributed by atoms with Gasteiger partial charge in [0.1, 0.15) is 12.7 Å². The van der Waals surface area contributed by atoms with E-state index in [9.17, 15) is 9.59 Å². The molecule has 0 atom stereocenters. The minimum Gasteiger partial charge on any atom is -0.289 e. The smallest absolute Gasteiger partial charge is 0.223 e. The molecule has 3 aliphatic rings. The summed E-state index contributed by atoms with van der Waals surface area (Å²) in [5.74, 6) is 0.701. The van der Waals surface area contributed by atoms with Gasteiger partial charge in [-0.1, -0.05) is 48.5 Å². The summed E-state index contributed by atoms with van der Waals surface area (Å²) in [6.07, 6.45) is 2.68. The summed E-state index contributed by atoms with van der Waals surface area (Å²) >= 11 is 0. The highest BCUT2D eigenvalue weighted by Gasteiger charge is 2.28. The number of hydrogen-bond acceptors (Lipinski definition) is 8. The Bertz CT molecular complexity index is 915. The monoisotopic (exact) mass is 342 g/mol. The summed E-state index contributed by atoms with van der Waals surface area (Å²) in [5.41, 5.74) is 2.02. The van der Waals surface area contributed by atoms with Crippen LogP contribution in [0.3, 0.4) is 0 Å². The van der Waals surface area contributed by atoms with Crippen molar-refractivity contribution in [3.8, 4) is 0 Å². The van der Waals surface area contributed by atoms with Gasteiger partial charge in [0.2, 0.25) is 11.6 Å². The Balaban J connectivity index is 0.000000144. The van der Waals surface area contributed by atoms with Crippen LogP contribution in [0.5, 0.6) is 0 Å². The second-order valence-electron chi connectivity index (χ2n) is 5.32. The average molecular weight is 342 g/mol. The van der Waals surface area contributed by atoms with Crippen molar-refractivity contribution in [1.29, 1.82) is 0 Å². The third kappa shape index (κ3) is 2.69. The van der Waals surface area contributed by atoms with E-state index in [0.29, 0.717) is 33.9 Å². The number of hydrogen-bond donors (Lipinski definition) is 0. The summed E-state index contributed by atoms with van der Waals surface area (Å²) < 4.78 is 0. The Hall–Kier alpha value is -3.94. The third-order valence-electron chi connectivity index (χ3n) is 3.80. The Labute approximate surface area is 147 Å². The lowest BCUT2D eigenvalue weighted by Crippen LogP contribution is -2.20. The SMILES string of the molecule is C1=NC(=C2N=CN=N2)N=N1.O=C1c2ccccc2C(=O)c2ccccc21. The van der Waals surface area contributed by atoms with Crippen LogP contribution in [0, 0.1) is 0 Å². The van der Waals surface area contributed by atoms with Crippen molar-refractivity contribution in [2.45, 2.75) is 0 Å². The van der Waals surface area contributed by atoms with Gasteiger partial charge in [-0.15, -0.1) is 20.5 Å². The fraction of sp³-hybridized carbons (Fsp3) is 0. The largest absolute Gasteiger partial charge is 0.289 e. The summed E-state index contributed by atoms with van der Waals surface area (Å²) in [6.45, 7) is 0. The van der Waals surface area contributed by atoms with E-state index in [-0.39, 0.29) is 11.6 Å².